The lowest BCUT2D eigenvalue weighted by atomic mass is 10.0. The van der Waals surface area contributed by atoms with Crippen LogP contribution in [0.25, 0.3) is 10.9 Å². The molecule has 30 heavy (non-hydrogen) atoms. The molecule has 0 bridgehead atoms. The second kappa shape index (κ2) is 8.64. The molecule has 1 atom stereocenters. The molecule has 2 amide bonds. The number of hydrogen-bond donors (Lipinski definition) is 3. The van der Waals surface area contributed by atoms with E-state index in [-0.39, 0.29) is 11.8 Å². The third-order valence-corrected chi connectivity index (χ3v) is 5.59. The first-order valence-corrected chi connectivity index (χ1v) is 10.2. The molecule has 0 spiro atoms. The third-order valence-electron chi connectivity index (χ3n) is 4.72. The number of benzene rings is 2. The van der Waals surface area contributed by atoms with Crippen molar-refractivity contribution in [3.8, 4) is 6.07 Å². The maximum atomic E-state index is 13.1. The van der Waals surface area contributed by atoms with Gasteiger partial charge in [-0.05, 0) is 41.3 Å². The molecular formula is C23H18N4O2S. The lowest BCUT2D eigenvalue weighted by Crippen LogP contribution is -2.45. The fourth-order valence-corrected chi connectivity index (χ4v) is 3.89. The average molecular weight is 414 g/mol. The number of anilines is 1. The van der Waals surface area contributed by atoms with E-state index in [9.17, 15) is 9.59 Å². The number of carbonyl (C=O) groups excluding carboxylic acids is 2. The molecule has 2 aromatic carbocycles. The number of carbonyl (C=O) groups is 2. The summed E-state index contributed by atoms with van der Waals surface area (Å²) < 4.78 is 0. The Balaban J connectivity index is 1.59. The maximum absolute atomic E-state index is 13.1. The van der Waals surface area contributed by atoms with Crippen LogP contribution < -0.4 is 10.6 Å². The summed E-state index contributed by atoms with van der Waals surface area (Å²) in [7, 11) is 0. The highest BCUT2D eigenvalue weighted by Gasteiger charge is 2.24. The number of nitrogens with zero attached hydrogens (tertiary/aromatic N) is 1. The molecular weight excluding hydrogens is 396 g/mol. The molecule has 4 aromatic rings. The summed E-state index contributed by atoms with van der Waals surface area (Å²) in [6, 6.07) is 19.3. The quantitative estimate of drug-likeness (QED) is 0.443. The van der Waals surface area contributed by atoms with Gasteiger partial charge in [0.05, 0.1) is 16.5 Å². The first-order valence-electron chi connectivity index (χ1n) is 9.34. The van der Waals surface area contributed by atoms with Gasteiger partial charge in [-0.3, -0.25) is 9.59 Å². The van der Waals surface area contributed by atoms with E-state index in [2.05, 4.69) is 21.7 Å². The van der Waals surface area contributed by atoms with Crippen LogP contribution in [0.5, 0.6) is 0 Å². The summed E-state index contributed by atoms with van der Waals surface area (Å²) in [4.78, 5) is 29.4. The molecule has 2 aromatic heterocycles. The van der Waals surface area contributed by atoms with E-state index in [0.29, 0.717) is 22.5 Å². The van der Waals surface area contributed by atoms with E-state index in [1.54, 1.807) is 36.4 Å². The van der Waals surface area contributed by atoms with Gasteiger partial charge in [-0.25, -0.2) is 0 Å². The van der Waals surface area contributed by atoms with Crippen LogP contribution in [0.1, 0.15) is 20.8 Å². The van der Waals surface area contributed by atoms with Crippen LogP contribution in [0, 0.1) is 11.3 Å². The minimum atomic E-state index is -0.787. The van der Waals surface area contributed by atoms with Crippen LogP contribution in [-0.4, -0.2) is 22.8 Å². The monoisotopic (exact) mass is 414 g/mol. The highest BCUT2D eigenvalue weighted by molar-refractivity contribution is 7.12. The number of nitriles is 1. The van der Waals surface area contributed by atoms with E-state index in [1.807, 2.05) is 35.8 Å². The molecule has 7 heteroatoms. The second-order valence-corrected chi connectivity index (χ2v) is 7.70. The van der Waals surface area contributed by atoms with Gasteiger partial charge in [0.15, 0.2) is 0 Å². The van der Waals surface area contributed by atoms with Crippen LogP contribution in [0.2, 0.25) is 0 Å². The SMILES string of the molecule is N#Cc1cccc(NC(=O)[C@H](Cc2c[nH]c3ccccc23)NC(=O)c2cccs2)c1. The van der Waals surface area contributed by atoms with Gasteiger partial charge in [-0.2, -0.15) is 5.26 Å². The van der Waals surface area contributed by atoms with Crippen molar-refractivity contribution in [2.75, 3.05) is 5.32 Å². The van der Waals surface area contributed by atoms with E-state index in [4.69, 9.17) is 5.26 Å². The Hall–Kier alpha value is -3.89. The van der Waals surface area contributed by atoms with Crippen molar-refractivity contribution in [3.05, 3.63) is 88.2 Å². The normalized spacial score (nSPS) is 11.6. The minimum absolute atomic E-state index is 0.296. The fraction of sp³-hybridized carbons (Fsp3) is 0.0870. The van der Waals surface area contributed by atoms with Crippen LogP contribution in [0.15, 0.2) is 72.2 Å². The van der Waals surface area contributed by atoms with Gasteiger partial charge in [0.1, 0.15) is 6.04 Å². The Kier molecular flexibility index (Phi) is 5.59. The number of rotatable bonds is 6. The molecule has 0 unspecified atom stereocenters. The minimum Gasteiger partial charge on any atom is -0.361 e. The van der Waals surface area contributed by atoms with Crippen molar-refractivity contribution in [1.29, 1.82) is 5.26 Å². The van der Waals surface area contributed by atoms with Gasteiger partial charge in [0, 0.05) is 29.2 Å². The predicted molar refractivity (Wildman–Crippen MR) is 117 cm³/mol. The summed E-state index contributed by atoms with van der Waals surface area (Å²) in [6.45, 7) is 0. The summed E-state index contributed by atoms with van der Waals surface area (Å²) in [5, 5.41) is 17.6. The smallest absolute Gasteiger partial charge is 0.262 e. The van der Waals surface area contributed by atoms with Gasteiger partial charge in [-0.1, -0.05) is 30.3 Å². The highest BCUT2D eigenvalue weighted by atomic mass is 32.1. The maximum Gasteiger partial charge on any atom is 0.262 e. The zero-order valence-corrected chi connectivity index (χ0v) is 16.7. The number of aromatic amines is 1. The van der Waals surface area contributed by atoms with E-state index >= 15 is 0 Å². The van der Waals surface area contributed by atoms with Crippen molar-refractivity contribution in [1.82, 2.24) is 10.3 Å². The second-order valence-electron chi connectivity index (χ2n) is 6.75. The van der Waals surface area contributed by atoms with Gasteiger partial charge < -0.3 is 15.6 Å². The van der Waals surface area contributed by atoms with Crippen molar-refractivity contribution in [2.24, 2.45) is 0 Å². The lowest BCUT2D eigenvalue weighted by molar-refractivity contribution is -0.118. The number of para-hydroxylation sites is 1. The largest absolute Gasteiger partial charge is 0.361 e. The Bertz CT molecular complexity index is 1240. The van der Waals surface area contributed by atoms with Gasteiger partial charge in [0.2, 0.25) is 5.91 Å². The Morgan fingerprint density at radius 2 is 1.97 bits per heavy atom. The number of thiophene rings is 1. The Morgan fingerprint density at radius 1 is 1.10 bits per heavy atom. The average Bonchev–Trinajstić information content (AvgIpc) is 3.44. The molecule has 3 N–H and O–H groups in total. The topological polar surface area (TPSA) is 97.8 Å². The van der Waals surface area contributed by atoms with Gasteiger partial charge in [0.25, 0.3) is 5.91 Å². The molecule has 0 saturated heterocycles. The van der Waals surface area contributed by atoms with Gasteiger partial charge >= 0.3 is 0 Å². The molecule has 0 aliphatic carbocycles. The highest BCUT2D eigenvalue weighted by Crippen LogP contribution is 2.20. The summed E-state index contributed by atoms with van der Waals surface area (Å²) in [5.41, 5.74) is 2.86. The number of aromatic nitrogens is 1. The van der Waals surface area contributed by atoms with Gasteiger partial charge in [-0.15, -0.1) is 11.3 Å². The Morgan fingerprint density at radius 3 is 2.77 bits per heavy atom. The zero-order valence-electron chi connectivity index (χ0n) is 15.9. The summed E-state index contributed by atoms with van der Waals surface area (Å²) in [6.07, 6.45) is 2.18. The molecule has 0 fully saturated rings. The van der Waals surface area contributed by atoms with Crippen LogP contribution >= 0.6 is 11.3 Å². The van der Waals surface area contributed by atoms with Crippen molar-refractivity contribution >= 4 is 39.7 Å². The number of amides is 2. The fourth-order valence-electron chi connectivity index (χ4n) is 3.26. The summed E-state index contributed by atoms with van der Waals surface area (Å²) >= 11 is 1.32. The number of fused-ring (bicyclic) bond motifs is 1. The number of nitrogens with one attached hydrogen (secondary N) is 3. The van der Waals surface area contributed by atoms with Crippen molar-refractivity contribution in [3.63, 3.8) is 0 Å². The molecule has 0 aliphatic rings. The van der Waals surface area contributed by atoms with Crippen LogP contribution in [0.4, 0.5) is 5.69 Å². The molecule has 4 rings (SSSR count). The third kappa shape index (κ3) is 4.24. The molecule has 148 valence electrons. The van der Waals surface area contributed by atoms with E-state index < -0.39 is 6.04 Å². The molecule has 0 aliphatic heterocycles. The van der Waals surface area contributed by atoms with E-state index in [1.165, 1.54) is 11.3 Å². The van der Waals surface area contributed by atoms with Crippen molar-refractivity contribution in [2.45, 2.75) is 12.5 Å². The summed E-state index contributed by atoms with van der Waals surface area (Å²) in [5.74, 6) is -0.643. The number of H-pyrrole nitrogens is 1. The molecule has 6 nitrogen and oxygen atoms in total. The Labute approximate surface area is 177 Å². The van der Waals surface area contributed by atoms with E-state index in [0.717, 1.165) is 16.5 Å². The first kappa shape index (κ1) is 19.4. The standard InChI is InChI=1S/C23H18N4O2S/c24-13-15-5-3-6-17(11-15)26-22(28)20(27-23(29)21-9-4-10-30-21)12-16-14-25-19-8-2-1-7-18(16)19/h1-11,14,20,25H,12H2,(H,26,28)(H,27,29)/t20-/m0/s1. The number of hydrogen-bond acceptors (Lipinski definition) is 4. The molecule has 0 radical (unpaired) electrons. The molecule has 2 heterocycles. The van der Waals surface area contributed by atoms with Crippen molar-refractivity contribution < 1.29 is 9.59 Å². The van der Waals surface area contributed by atoms with Crippen LogP contribution in [-0.2, 0) is 11.2 Å². The lowest BCUT2D eigenvalue weighted by Gasteiger charge is -2.18. The predicted octanol–water partition coefficient (Wildman–Crippen LogP) is 4.08. The first-order chi connectivity index (χ1) is 14.6. The zero-order chi connectivity index (χ0) is 20.9. The van der Waals surface area contributed by atoms with Crippen LogP contribution in [0.3, 0.4) is 0 Å². The molecule has 0 saturated carbocycles.